The first-order valence-corrected chi connectivity index (χ1v) is 9.66. The van der Waals surface area contributed by atoms with Crippen LogP contribution in [0.2, 0.25) is 0 Å². The van der Waals surface area contributed by atoms with Crippen molar-refractivity contribution in [3.05, 3.63) is 52.0 Å². The van der Waals surface area contributed by atoms with Crippen molar-refractivity contribution in [1.82, 2.24) is 9.88 Å². The highest BCUT2D eigenvalue weighted by Gasteiger charge is 2.22. The van der Waals surface area contributed by atoms with Crippen LogP contribution >= 0.6 is 11.3 Å². The third kappa shape index (κ3) is 4.93. The van der Waals surface area contributed by atoms with Crippen LogP contribution in [0.5, 0.6) is 5.75 Å². The average molecular weight is 372 g/mol. The van der Waals surface area contributed by atoms with Gasteiger partial charge in [0.1, 0.15) is 5.75 Å². The highest BCUT2D eigenvalue weighted by atomic mass is 32.1. The second kappa shape index (κ2) is 8.96. The Balaban J connectivity index is 1.75. The molecule has 0 radical (unpaired) electrons. The number of aromatic nitrogens is 1. The molecule has 138 valence electrons. The van der Waals surface area contributed by atoms with Crippen molar-refractivity contribution in [2.24, 2.45) is 0 Å². The smallest absolute Gasteiger partial charge is 0.247 e. The lowest BCUT2D eigenvalue weighted by Crippen LogP contribution is -2.36. The molecule has 0 N–H and O–H groups in total. The van der Waals surface area contributed by atoms with E-state index < -0.39 is 0 Å². The van der Waals surface area contributed by atoms with Crippen LogP contribution in [0.3, 0.4) is 0 Å². The second-order valence-corrected chi connectivity index (χ2v) is 7.35. The molecule has 1 amide bonds. The van der Waals surface area contributed by atoms with Crippen molar-refractivity contribution in [1.29, 1.82) is 0 Å². The number of thiazole rings is 1. The fourth-order valence-corrected chi connectivity index (χ4v) is 3.61. The van der Waals surface area contributed by atoms with Gasteiger partial charge in [-0.3, -0.25) is 4.79 Å². The van der Waals surface area contributed by atoms with E-state index in [4.69, 9.17) is 9.47 Å². The van der Waals surface area contributed by atoms with Crippen molar-refractivity contribution in [3.8, 4) is 5.75 Å². The minimum atomic E-state index is -0.0444. The number of para-hydroxylation sites is 1. The quantitative estimate of drug-likeness (QED) is 0.696. The minimum Gasteiger partial charge on any atom is -0.496 e. The van der Waals surface area contributed by atoms with Gasteiger partial charge in [0.2, 0.25) is 5.91 Å². The number of methoxy groups -OCH3 is 1. The molecule has 0 bridgehead atoms. The van der Waals surface area contributed by atoms with Gasteiger partial charge in [0, 0.05) is 36.7 Å². The van der Waals surface area contributed by atoms with Gasteiger partial charge in [0.25, 0.3) is 0 Å². The van der Waals surface area contributed by atoms with Crippen LogP contribution < -0.4 is 4.74 Å². The molecule has 3 rings (SSSR count). The number of hydrogen-bond acceptors (Lipinski definition) is 5. The number of carbonyl (C=O) groups excluding carboxylic acids is 1. The lowest BCUT2D eigenvalue weighted by molar-refractivity contribution is -0.128. The molecule has 1 aliphatic rings. The molecule has 2 aromatic rings. The summed E-state index contributed by atoms with van der Waals surface area (Å²) in [4.78, 5) is 19.0. The van der Waals surface area contributed by atoms with E-state index in [9.17, 15) is 4.79 Å². The minimum absolute atomic E-state index is 0.0444. The number of amides is 1. The Hall–Kier alpha value is -2.18. The fraction of sp³-hybridized carbons (Fsp3) is 0.400. The second-order valence-electron chi connectivity index (χ2n) is 6.29. The molecule has 1 aromatic carbocycles. The summed E-state index contributed by atoms with van der Waals surface area (Å²) in [6, 6.07) is 7.79. The Morgan fingerprint density at radius 2 is 2.31 bits per heavy atom. The number of carbonyl (C=O) groups is 1. The maximum absolute atomic E-state index is 12.8. The molecule has 0 aliphatic carbocycles. The summed E-state index contributed by atoms with van der Waals surface area (Å²) < 4.78 is 11.2. The first kappa shape index (κ1) is 18.6. The summed E-state index contributed by atoms with van der Waals surface area (Å²) in [6.45, 7) is 3.80. The van der Waals surface area contributed by atoms with E-state index >= 15 is 0 Å². The molecule has 1 fully saturated rings. The summed E-state index contributed by atoms with van der Waals surface area (Å²) >= 11 is 1.57. The number of ether oxygens (including phenoxy) is 2. The van der Waals surface area contributed by atoms with E-state index in [1.54, 1.807) is 30.6 Å². The van der Waals surface area contributed by atoms with Crippen LogP contribution in [0.15, 0.2) is 35.7 Å². The van der Waals surface area contributed by atoms with Crippen molar-refractivity contribution in [2.45, 2.75) is 32.4 Å². The molecule has 1 atom stereocenters. The predicted octanol–water partition coefficient (Wildman–Crippen LogP) is 3.68. The van der Waals surface area contributed by atoms with Crippen molar-refractivity contribution in [3.63, 3.8) is 0 Å². The maximum Gasteiger partial charge on any atom is 0.247 e. The van der Waals surface area contributed by atoms with E-state index in [1.165, 1.54) is 0 Å². The number of nitrogens with zero attached hydrogens (tertiary/aromatic N) is 2. The SMILES string of the molecule is COc1ccccc1CN(CC1CCCO1)C(=O)C=Cc1csc(C)n1. The number of hydrogen-bond donors (Lipinski definition) is 0. The number of benzene rings is 1. The van der Waals surface area contributed by atoms with Gasteiger partial charge < -0.3 is 14.4 Å². The molecule has 1 aromatic heterocycles. The molecule has 2 heterocycles. The zero-order chi connectivity index (χ0) is 18.4. The Morgan fingerprint density at radius 1 is 1.46 bits per heavy atom. The van der Waals surface area contributed by atoms with E-state index in [2.05, 4.69) is 4.98 Å². The van der Waals surface area contributed by atoms with Crippen LogP contribution in [0.1, 0.15) is 29.1 Å². The fourth-order valence-electron chi connectivity index (χ4n) is 3.02. The van der Waals surface area contributed by atoms with Crippen LogP contribution in [-0.2, 0) is 16.1 Å². The Bertz CT molecular complexity index is 766. The third-order valence-electron chi connectivity index (χ3n) is 4.35. The zero-order valence-corrected chi connectivity index (χ0v) is 16.0. The first-order chi connectivity index (χ1) is 12.7. The summed E-state index contributed by atoms with van der Waals surface area (Å²) in [5.74, 6) is 0.744. The topological polar surface area (TPSA) is 51.7 Å². The van der Waals surface area contributed by atoms with Crippen molar-refractivity contribution < 1.29 is 14.3 Å². The standard InChI is InChI=1S/C20H24N2O3S/c1-15-21-17(14-26-15)9-10-20(23)22(13-18-7-5-11-25-18)12-16-6-3-4-8-19(16)24-2/h3-4,6,8-10,14,18H,5,7,11-13H2,1-2H3. The van der Waals surface area contributed by atoms with Crippen molar-refractivity contribution in [2.75, 3.05) is 20.3 Å². The Morgan fingerprint density at radius 3 is 3.00 bits per heavy atom. The van der Waals surface area contributed by atoms with E-state index in [0.29, 0.717) is 13.1 Å². The number of aryl methyl sites for hydroxylation is 1. The zero-order valence-electron chi connectivity index (χ0n) is 15.2. The van der Waals surface area contributed by atoms with Crippen molar-refractivity contribution >= 4 is 23.3 Å². The molecular weight excluding hydrogens is 348 g/mol. The lowest BCUT2D eigenvalue weighted by atomic mass is 10.1. The Labute approximate surface area is 158 Å². The molecular formula is C20H24N2O3S. The van der Waals surface area contributed by atoms with Gasteiger partial charge in [-0.15, -0.1) is 11.3 Å². The van der Waals surface area contributed by atoms with Gasteiger partial charge in [-0.2, -0.15) is 0 Å². The normalized spacial score (nSPS) is 16.9. The Kier molecular flexibility index (Phi) is 6.41. The van der Waals surface area contributed by atoms with Crippen LogP contribution in [0.4, 0.5) is 0 Å². The van der Waals surface area contributed by atoms with Crippen LogP contribution in [0.25, 0.3) is 6.08 Å². The molecule has 1 aliphatic heterocycles. The molecule has 26 heavy (non-hydrogen) atoms. The predicted molar refractivity (Wildman–Crippen MR) is 103 cm³/mol. The molecule has 0 spiro atoms. The van der Waals surface area contributed by atoms with Gasteiger partial charge in [0.15, 0.2) is 0 Å². The van der Waals surface area contributed by atoms with Gasteiger partial charge in [-0.1, -0.05) is 18.2 Å². The first-order valence-electron chi connectivity index (χ1n) is 8.78. The van der Waals surface area contributed by atoms with Crippen LogP contribution in [-0.4, -0.2) is 42.2 Å². The van der Waals surface area contributed by atoms with E-state index in [-0.39, 0.29) is 12.0 Å². The highest BCUT2D eigenvalue weighted by Crippen LogP contribution is 2.21. The maximum atomic E-state index is 12.8. The summed E-state index contributed by atoms with van der Waals surface area (Å²) in [7, 11) is 1.65. The van der Waals surface area contributed by atoms with E-state index in [0.717, 1.165) is 41.5 Å². The molecule has 6 heteroatoms. The van der Waals surface area contributed by atoms with E-state index in [1.807, 2.05) is 41.5 Å². The number of rotatable bonds is 7. The van der Waals surface area contributed by atoms with Gasteiger partial charge >= 0.3 is 0 Å². The van der Waals surface area contributed by atoms with Crippen LogP contribution in [0, 0.1) is 6.92 Å². The summed E-state index contributed by atoms with van der Waals surface area (Å²) in [5.41, 5.74) is 1.80. The van der Waals surface area contributed by atoms with Gasteiger partial charge in [-0.05, 0) is 31.9 Å². The lowest BCUT2D eigenvalue weighted by Gasteiger charge is -2.25. The molecule has 1 unspecified atom stereocenters. The monoisotopic (exact) mass is 372 g/mol. The summed E-state index contributed by atoms with van der Waals surface area (Å²) in [6.07, 6.45) is 5.51. The summed E-state index contributed by atoms with van der Waals surface area (Å²) in [5, 5.41) is 2.94. The molecule has 0 saturated carbocycles. The third-order valence-corrected chi connectivity index (χ3v) is 5.14. The molecule has 5 nitrogen and oxygen atoms in total. The largest absolute Gasteiger partial charge is 0.496 e. The molecule has 1 saturated heterocycles. The average Bonchev–Trinajstić information content (AvgIpc) is 3.31. The highest BCUT2D eigenvalue weighted by molar-refractivity contribution is 7.09. The van der Waals surface area contributed by atoms with Gasteiger partial charge in [-0.25, -0.2) is 4.98 Å². The van der Waals surface area contributed by atoms with Gasteiger partial charge in [0.05, 0.1) is 23.9 Å².